The Bertz CT molecular complexity index is 538. The van der Waals surface area contributed by atoms with E-state index in [0.29, 0.717) is 17.1 Å². The molecule has 92 valence electrons. The SMILES string of the molecule is COc1ccc(C=C(C#N)C(O)C#N)cc1OC. The molecule has 1 unspecified atom stereocenters. The van der Waals surface area contributed by atoms with E-state index in [1.165, 1.54) is 20.3 Å². The zero-order valence-electron chi connectivity index (χ0n) is 10.0. The number of methoxy groups -OCH3 is 2. The van der Waals surface area contributed by atoms with Crippen molar-refractivity contribution in [2.75, 3.05) is 14.2 Å². The Morgan fingerprint density at radius 2 is 1.94 bits per heavy atom. The molecule has 0 saturated heterocycles. The van der Waals surface area contributed by atoms with Gasteiger partial charge in [0.15, 0.2) is 17.6 Å². The van der Waals surface area contributed by atoms with Crippen LogP contribution in [0, 0.1) is 22.7 Å². The highest BCUT2D eigenvalue weighted by atomic mass is 16.5. The van der Waals surface area contributed by atoms with Crippen molar-refractivity contribution >= 4 is 6.08 Å². The van der Waals surface area contributed by atoms with Crippen molar-refractivity contribution < 1.29 is 14.6 Å². The Morgan fingerprint density at radius 1 is 1.28 bits per heavy atom. The zero-order valence-corrected chi connectivity index (χ0v) is 10.0. The summed E-state index contributed by atoms with van der Waals surface area (Å²) in [5.74, 6) is 1.07. The van der Waals surface area contributed by atoms with Crippen LogP contribution in [0.1, 0.15) is 5.56 Å². The van der Waals surface area contributed by atoms with Gasteiger partial charge in [0, 0.05) is 0 Å². The van der Waals surface area contributed by atoms with E-state index < -0.39 is 6.10 Å². The first-order chi connectivity index (χ1) is 8.65. The van der Waals surface area contributed by atoms with Crippen LogP contribution >= 0.6 is 0 Å². The standard InChI is InChI=1S/C13H12N2O3/c1-17-12-4-3-9(6-13(12)18-2)5-10(7-14)11(16)8-15/h3-6,11,16H,1-2H3. The van der Waals surface area contributed by atoms with Crippen LogP contribution in [-0.4, -0.2) is 25.4 Å². The Kier molecular flexibility index (Phi) is 4.74. The summed E-state index contributed by atoms with van der Waals surface area (Å²) in [6, 6.07) is 8.41. The molecule has 0 fully saturated rings. The predicted molar refractivity (Wildman–Crippen MR) is 64.8 cm³/mol. The number of benzene rings is 1. The van der Waals surface area contributed by atoms with E-state index in [9.17, 15) is 5.11 Å². The fraction of sp³-hybridized carbons (Fsp3) is 0.231. The van der Waals surface area contributed by atoms with E-state index in [2.05, 4.69) is 0 Å². The van der Waals surface area contributed by atoms with Gasteiger partial charge < -0.3 is 14.6 Å². The van der Waals surface area contributed by atoms with E-state index in [0.717, 1.165) is 0 Å². The highest BCUT2D eigenvalue weighted by molar-refractivity contribution is 5.62. The first-order valence-electron chi connectivity index (χ1n) is 5.07. The first-order valence-corrected chi connectivity index (χ1v) is 5.07. The molecule has 0 aliphatic heterocycles. The second-order valence-electron chi connectivity index (χ2n) is 3.36. The fourth-order valence-corrected chi connectivity index (χ4v) is 1.36. The Balaban J connectivity index is 3.16. The number of rotatable bonds is 4. The van der Waals surface area contributed by atoms with E-state index >= 15 is 0 Å². The molecule has 0 saturated carbocycles. The lowest BCUT2D eigenvalue weighted by Gasteiger charge is -2.08. The van der Waals surface area contributed by atoms with Gasteiger partial charge in [0.2, 0.25) is 0 Å². The third-order valence-electron chi connectivity index (χ3n) is 2.28. The van der Waals surface area contributed by atoms with Crippen molar-refractivity contribution in [3.05, 3.63) is 29.3 Å². The van der Waals surface area contributed by atoms with Gasteiger partial charge in [-0.3, -0.25) is 0 Å². The van der Waals surface area contributed by atoms with E-state index in [1.54, 1.807) is 30.3 Å². The molecule has 0 bridgehead atoms. The van der Waals surface area contributed by atoms with Crippen molar-refractivity contribution in [2.24, 2.45) is 0 Å². The summed E-state index contributed by atoms with van der Waals surface area (Å²) in [6.45, 7) is 0. The Hall–Kier alpha value is -2.50. The normalized spacial score (nSPS) is 12.2. The van der Waals surface area contributed by atoms with Crippen molar-refractivity contribution in [3.8, 4) is 23.6 Å². The van der Waals surface area contributed by atoms with Gasteiger partial charge in [-0.15, -0.1) is 0 Å². The van der Waals surface area contributed by atoms with Crippen molar-refractivity contribution in [1.82, 2.24) is 0 Å². The molecule has 0 heterocycles. The monoisotopic (exact) mass is 244 g/mol. The third kappa shape index (κ3) is 3.00. The van der Waals surface area contributed by atoms with Crippen molar-refractivity contribution in [2.45, 2.75) is 6.10 Å². The maximum atomic E-state index is 9.30. The molecule has 1 N–H and O–H groups in total. The van der Waals surface area contributed by atoms with Crippen LogP contribution in [0.5, 0.6) is 11.5 Å². The predicted octanol–water partition coefficient (Wildman–Crippen LogP) is 1.50. The smallest absolute Gasteiger partial charge is 0.175 e. The molecule has 0 amide bonds. The fourth-order valence-electron chi connectivity index (χ4n) is 1.36. The van der Waals surface area contributed by atoms with Crippen LogP contribution in [0.3, 0.4) is 0 Å². The Morgan fingerprint density at radius 3 is 2.44 bits per heavy atom. The maximum Gasteiger partial charge on any atom is 0.175 e. The van der Waals surface area contributed by atoms with Crippen LogP contribution in [0.4, 0.5) is 0 Å². The molecule has 5 heteroatoms. The molecule has 5 nitrogen and oxygen atoms in total. The van der Waals surface area contributed by atoms with E-state index in [4.69, 9.17) is 20.0 Å². The molecule has 1 rings (SSSR count). The summed E-state index contributed by atoms with van der Waals surface area (Å²) in [7, 11) is 3.02. The minimum atomic E-state index is -1.43. The van der Waals surface area contributed by atoms with Crippen LogP contribution in [0.2, 0.25) is 0 Å². The summed E-state index contributed by atoms with van der Waals surface area (Å²) >= 11 is 0. The zero-order chi connectivity index (χ0) is 13.5. The average molecular weight is 244 g/mol. The summed E-state index contributed by atoms with van der Waals surface area (Å²) in [6.07, 6.45) is -0.00125. The molecular weight excluding hydrogens is 232 g/mol. The van der Waals surface area contributed by atoms with Gasteiger partial charge >= 0.3 is 0 Å². The maximum absolute atomic E-state index is 9.30. The number of nitrogens with zero attached hydrogens (tertiary/aromatic N) is 2. The number of ether oxygens (including phenoxy) is 2. The molecule has 0 aliphatic rings. The second-order valence-corrected chi connectivity index (χ2v) is 3.36. The molecule has 1 aromatic rings. The summed E-state index contributed by atoms with van der Waals surface area (Å²) < 4.78 is 10.2. The number of hydrogen-bond acceptors (Lipinski definition) is 5. The van der Waals surface area contributed by atoms with Crippen LogP contribution in [-0.2, 0) is 0 Å². The van der Waals surface area contributed by atoms with Crippen LogP contribution in [0.15, 0.2) is 23.8 Å². The lowest BCUT2D eigenvalue weighted by Crippen LogP contribution is -2.04. The molecule has 0 aromatic heterocycles. The number of hydrogen-bond donors (Lipinski definition) is 1. The van der Waals surface area contributed by atoms with Crippen molar-refractivity contribution in [3.63, 3.8) is 0 Å². The quantitative estimate of drug-likeness (QED) is 0.640. The lowest BCUT2D eigenvalue weighted by molar-refractivity contribution is 0.271. The highest BCUT2D eigenvalue weighted by Gasteiger charge is 2.10. The Labute approximate surface area is 105 Å². The minimum absolute atomic E-state index is 0.0234. The molecule has 0 aliphatic carbocycles. The minimum Gasteiger partial charge on any atom is -0.493 e. The van der Waals surface area contributed by atoms with Gasteiger partial charge in [-0.2, -0.15) is 10.5 Å². The molecule has 0 spiro atoms. The van der Waals surface area contributed by atoms with Gasteiger partial charge in [-0.25, -0.2) is 0 Å². The van der Waals surface area contributed by atoms with Crippen LogP contribution < -0.4 is 9.47 Å². The average Bonchev–Trinajstić information content (AvgIpc) is 2.43. The molecule has 0 radical (unpaired) electrons. The molecule has 18 heavy (non-hydrogen) atoms. The number of nitriles is 2. The summed E-state index contributed by atoms with van der Waals surface area (Å²) in [4.78, 5) is 0. The first kappa shape index (κ1) is 13.6. The van der Waals surface area contributed by atoms with Gasteiger partial charge in [-0.05, 0) is 23.8 Å². The second kappa shape index (κ2) is 6.29. The highest BCUT2D eigenvalue weighted by Crippen LogP contribution is 2.28. The largest absolute Gasteiger partial charge is 0.493 e. The lowest BCUT2D eigenvalue weighted by atomic mass is 10.1. The third-order valence-corrected chi connectivity index (χ3v) is 2.28. The van der Waals surface area contributed by atoms with Gasteiger partial charge in [0.05, 0.1) is 31.9 Å². The summed E-state index contributed by atoms with van der Waals surface area (Å²) in [5, 5.41) is 26.7. The van der Waals surface area contributed by atoms with Crippen LogP contribution in [0.25, 0.3) is 6.08 Å². The molecular formula is C13H12N2O3. The van der Waals surface area contributed by atoms with Crippen molar-refractivity contribution in [1.29, 1.82) is 10.5 Å². The van der Waals surface area contributed by atoms with E-state index in [1.807, 2.05) is 0 Å². The summed E-state index contributed by atoms with van der Waals surface area (Å²) in [5.41, 5.74) is 0.614. The number of aliphatic hydroxyl groups is 1. The number of aliphatic hydroxyl groups excluding tert-OH is 1. The van der Waals surface area contributed by atoms with E-state index in [-0.39, 0.29) is 5.57 Å². The van der Waals surface area contributed by atoms with Gasteiger partial charge in [-0.1, -0.05) is 6.07 Å². The van der Waals surface area contributed by atoms with Gasteiger partial charge in [0.1, 0.15) is 0 Å². The van der Waals surface area contributed by atoms with Gasteiger partial charge in [0.25, 0.3) is 0 Å². The molecule has 1 atom stereocenters. The topological polar surface area (TPSA) is 86.3 Å². The molecule has 1 aromatic carbocycles.